The smallest absolute Gasteiger partial charge is 0.256 e. The molecule has 6 heteroatoms. The summed E-state index contributed by atoms with van der Waals surface area (Å²) in [5.74, 6) is 0.614. The molecule has 0 aliphatic carbocycles. The van der Waals surface area contributed by atoms with Gasteiger partial charge in [-0.25, -0.2) is 4.98 Å². The van der Waals surface area contributed by atoms with E-state index < -0.39 is 0 Å². The van der Waals surface area contributed by atoms with Crippen molar-refractivity contribution in [1.82, 2.24) is 4.98 Å². The summed E-state index contributed by atoms with van der Waals surface area (Å²) < 4.78 is 0. The fourth-order valence-corrected chi connectivity index (χ4v) is 3.71. The Morgan fingerprint density at radius 2 is 1.96 bits per heavy atom. The van der Waals surface area contributed by atoms with Crippen LogP contribution >= 0.6 is 34.7 Å². The SMILES string of the molecule is O=C(Nc1ccc(Cl)cc1)c1ccccc1SCc1cscn1. The number of nitrogens with one attached hydrogen (secondary N) is 1. The van der Waals surface area contributed by atoms with Crippen molar-refractivity contribution < 1.29 is 4.79 Å². The maximum Gasteiger partial charge on any atom is 0.256 e. The lowest BCUT2D eigenvalue weighted by atomic mass is 10.2. The van der Waals surface area contributed by atoms with E-state index in [4.69, 9.17) is 11.6 Å². The van der Waals surface area contributed by atoms with Gasteiger partial charge in [0.1, 0.15) is 0 Å². The highest BCUT2D eigenvalue weighted by Crippen LogP contribution is 2.27. The molecule has 0 aliphatic rings. The summed E-state index contributed by atoms with van der Waals surface area (Å²) in [7, 11) is 0. The Morgan fingerprint density at radius 1 is 1.17 bits per heavy atom. The molecule has 2 aromatic carbocycles. The van der Waals surface area contributed by atoms with Crippen LogP contribution in [-0.4, -0.2) is 10.9 Å². The first-order valence-electron chi connectivity index (χ1n) is 6.88. The summed E-state index contributed by atoms with van der Waals surface area (Å²) in [5, 5.41) is 5.55. The molecule has 0 aliphatic heterocycles. The fourth-order valence-electron chi connectivity index (χ4n) is 1.97. The van der Waals surface area contributed by atoms with Gasteiger partial charge in [-0.2, -0.15) is 0 Å². The molecule has 0 unspecified atom stereocenters. The van der Waals surface area contributed by atoms with Crippen LogP contribution in [0.15, 0.2) is 64.3 Å². The number of rotatable bonds is 5. The highest BCUT2D eigenvalue weighted by atomic mass is 35.5. The molecule has 0 spiro atoms. The second kappa shape index (κ2) is 7.64. The van der Waals surface area contributed by atoms with Crippen LogP contribution in [0.5, 0.6) is 0 Å². The van der Waals surface area contributed by atoms with Gasteiger partial charge in [0, 0.05) is 26.7 Å². The van der Waals surface area contributed by atoms with Gasteiger partial charge in [0.05, 0.1) is 16.8 Å². The molecule has 0 atom stereocenters. The van der Waals surface area contributed by atoms with Crippen molar-refractivity contribution >= 4 is 46.3 Å². The van der Waals surface area contributed by atoms with Gasteiger partial charge in [-0.3, -0.25) is 4.79 Å². The van der Waals surface area contributed by atoms with Crippen LogP contribution in [0.2, 0.25) is 5.02 Å². The molecule has 1 heterocycles. The summed E-state index contributed by atoms with van der Waals surface area (Å²) in [4.78, 5) is 17.7. The minimum atomic E-state index is -0.131. The molecule has 0 radical (unpaired) electrons. The average Bonchev–Trinajstić information content (AvgIpc) is 3.09. The topological polar surface area (TPSA) is 42.0 Å². The number of amides is 1. The molecule has 3 nitrogen and oxygen atoms in total. The van der Waals surface area contributed by atoms with Crippen LogP contribution in [0.3, 0.4) is 0 Å². The molecule has 0 bridgehead atoms. The van der Waals surface area contributed by atoms with Gasteiger partial charge in [0.15, 0.2) is 0 Å². The van der Waals surface area contributed by atoms with E-state index >= 15 is 0 Å². The average molecular weight is 361 g/mol. The maximum atomic E-state index is 12.5. The molecular weight excluding hydrogens is 348 g/mol. The highest BCUT2D eigenvalue weighted by molar-refractivity contribution is 7.98. The van der Waals surface area contributed by atoms with Crippen molar-refractivity contribution in [3.63, 3.8) is 0 Å². The second-order valence-electron chi connectivity index (χ2n) is 4.73. The third-order valence-corrected chi connectivity index (χ3v) is 5.09. The van der Waals surface area contributed by atoms with Crippen LogP contribution in [0, 0.1) is 0 Å². The lowest BCUT2D eigenvalue weighted by Gasteiger charge is -2.09. The van der Waals surface area contributed by atoms with E-state index in [2.05, 4.69) is 10.3 Å². The second-order valence-corrected chi connectivity index (χ2v) is 6.90. The Morgan fingerprint density at radius 3 is 2.70 bits per heavy atom. The van der Waals surface area contributed by atoms with Gasteiger partial charge in [-0.1, -0.05) is 23.7 Å². The minimum Gasteiger partial charge on any atom is -0.322 e. The first-order chi connectivity index (χ1) is 11.2. The number of carbonyl (C=O) groups excluding carboxylic acids is 1. The van der Waals surface area contributed by atoms with Crippen molar-refractivity contribution in [2.45, 2.75) is 10.6 Å². The summed E-state index contributed by atoms with van der Waals surface area (Å²) in [5.41, 5.74) is 4.21. The Balaban J connectivity index is 1.73. The van der Waals surface area contributed by atoms with Gasteiger partial charge in [-0.05, 0) is 36.4 Å². The standard InChI is InChI=1S/C17H13ClN2OS2/c18-12-5-7-13(8-6-12)20-17(21)15-3-1-2-4-16(15)23-10-14-9-22-11-19-14/h1-9,11H,10H2,(H,20,21). The normalized spacial score (nSPS) is 10.5. The van der Waals surface area contributed by atoms with E-state index in [0.717, 1.165) is 22.0 Å². The van der Waals surface area contributed by atoms with Crippen LogP contribution in [0.1, 0.15) is 16.1 Å². The van der Waals surface area contributed by atoms with E-state index in [9.17, 15) is 4.79 Å². The molecule has 0 saturated carbocycles. The number of aromatic nitrogens is 1. The van der Waals surface area contributed by atoms with Gasteiger partial charge >= 0.3 is 0 Å². The molecule has 3 rings (SSSR count). The molecule has 0 fully saturated rings. The minimum absolute atomic E-state index is 0.131. The molecule has 1 aromatic heterocycles. The number of carbonyl (C=O) groups is 1. The molecule has 0 saturated heterocycles. The Labute approximate surface area is 147 Å². The predicted molar refractivity (Wildman–Crippen MR) is 97.5 cm³/mol. The zero-order valence-electron chi connectivity index (χ0n) is 12.0. The summed E-state index contributed by atoms with van der Waals surface area (Å²) in [6.07, 6.45) is 0. The fraction of sp³-hybridized carbons (Fsp3) is 0.0588. The number of halogens is 1. The number of hydrogen-bond donors (Lipinski definition) is 1. The Bertz CT molecular complexity index is 789. The molecule has 3 aromatic rings. The van der Waals surface area contributed by atoms with Gasteiger partial charge < -0.3 is 5.32 Å². The van der Waals surface area contributed by atoms with Crippen LogP contribution in [0.25, 0.3) is 0 Å². The third-order valence-electron chi connectivity index (χ3n) is 3.09. The van der Waals surface area contributed by atoms with E-state index in [1.807, 2.05) is 35.2 Å². The number of thiazole rings is 1. The monoisotopic (exact) mass is 360 g/mol. The van der Waals surface area contributed by atoms with E-state index in [0.29, 0.717) is 10.6 Å². The zero-order valence-corrected chi connectivity index (χ0v) is 14.4. The van der Waals surface area contributed by atoms with Crippen molar-refractivity contribution in [3.8, 4) is 0 Å². The number of hydrogen-bond acceptors (Lipinski definition) is 4. The Hall–Kier alpha value is -1.82. The van der Waals surface area contributed by atoms with Crippen molar-refractivity contribution in [3.05, 3.63) is 75.7 Å². The van der Waals surface area contributed by atoms with Crippen molar-refractivity contribution in [2.24, 2.45) is 0 Å². The molecule has 23 heavy (non-hydrogen) atoms. The van der Waals surface area contributed by atoms with Crippen molar-refractivity contribution in [2.75, 3.05) is 5.32 Å². The Kier molecular flexibility index (Phi) is 5.33. The van der Waals surface area contributed by atoms with Crippen LogP contribution < -0.4 is 5.32 Å². The first kappa shape index (κ1) is 16.1. The lowest BCUT2D eigenvalue weighted by Crippen LogP contribution is -2.12. The number of benzene rings is 2. The number of nitrogens with zero attached hydrogens (tertiary/aromatic N) is 1. The lowest BCUT2D eigenvalue weighted by molar-refractivity contribution is 0.102. The van der Waals surface area contributed by atoms with E-state index in [-0.39, 0.29) is 5.91 Å². The quantitative estimate of drug-likeness (QED) is 0.624. The van der Waals surface area contributed by atoms with Gasteiger partial charge in [0.2, 0.25) is 0 Å². The highest BCUT2D eigenvalue weighted by Gasteiger charge is 2.12. The van der Waals surface area contributed by atoms with Crippen molar-refractivity contribution in [1.29, 1.82) is 0 Å². The number of thioether (sulfide) groups is 1. The first-order valence-corrected chi connectivity index (χ1v) is 9.19. The van der Waals surface area contributed by atoms with Crippen LogP contribution in [-0.2, 0) is 5.75 Å². The summed E-state index contributed by atoms with van der Waals surface area (Å²) in [6, 6.07) is 14.6. The molecule has 116 valence electrons. The third kappa shape index (κ3) is 4.34. The van der Waals surface area contributed by atoms with E-state index in [1.54, 1.807) is 47.4 Å². The zero-order chi connectivity index (χ0) is 16.1. The van der Waals surface area contributed by atoms with Gasteiger partial charge in [0.25, 0.3) is 5.91 Å². The van der Waals surface area contributed by atoms with Crippen LogP contribution in [0.4, 0.5) is 5.69 Å². The molecular formula is C17H13ClN2OS2. The summed E-state index contributed by atoms with van der Waals surface area (Å²) in [6.45, 7) is 0. The summed E-state index contributed by atoms with van der Waals surface area (Å²) >= 11 is 9.04. The number of anilines is 1. The molecule has 1 N–H and O–H groups in total. The largest absolute Gasteiger partial charge is 0.322 e. The van der Waals surface area contributed by atoms with E-state index in [1.165, 1.54) is 0 Å². The predicted octanol–water partition coefficient (Wildman–Crippen LogP) is 5.34. The molecule has 1 amide bonds. The maximum absolute atomic E-state index is 12.5. The van der Waals surface area contributed by atoms with Gasteiger partial charge in [-0.15, -0.1) is 23.1 Å².